The van der Waals surface area contributed by atoms with E-state index in [0.29, 0.717) is 29.6 Å². The summed E-state index contributed by atoms with van der Waals surface area (Å²) in [6, 6.07) is 14.3. The number of carbonyl (C=O) groups excluding carboxylic acids is 2. The molecule has 0 radical (unpaired) electrons. The topological polar surface area (TPSA) is 58.6 Å². The van der Waals surface area contributed by atoms with Crippen LogP contribution in [-0.2, 0) is 9.59 Å². The third kappa shape index (κ3) is 3.94. The molecule has 2 amide bonds. The minimum Gasteiger partial charge on any atom is -0.492 e. The van der Waals surface area contributed by atoms with Gasteiger partial charge >= 0.3 is 0 Å². The molecule has 0 spiro atoms. The molecule has 3 rings (SSSR count). The predicted molar refractivity (Wildman–Crippen MR) is 98.2 cm³/mol. The number of rotatable bonds is 5. The molecule has 1 N–H and O–H groups in total. The van der Waals surface area contributed by atoms with Gasteiger partial charge in [0.05, 0.1) is 18.2 Å². The van der Waals surface area contributed by atoms with Crippen molar-refractivity contribution in [1.29, 1.82) is 0 Å². The van der Waals surface area contributed by atoms with E-state index in [1.807, 2.05) is 19.1 Å². The van der Waals surface area contributed by atoms with E-state index in [9.17, 15) is 9.59 Å². The van der Waals surface area contributed by atoms with Gasteiger partial charge < -0.3 is 15.0 Å². The highest BCUT2D eigenvalue weighted by Crippen LogP contribution is 2.29. The Morgan fingerprint density at radius 2 is 1.96 bits per heavy atom. The first-order valence-corrected chi connectivity index (χ1v) is 8.55. The SMILES string of the molecule is CCOc1ccccc1NC(=O)[C@@H]1CC(=O)N(c2ccc(Cl)cc2)C1. The number of nitrogens with zero attached hydrogens (tertiary/aromatic N) is 1. The second-order valence-electron chi connectivity index (χ2n) is 5.80. The van der Waals surface area contributed by atoms with Gasteiger partial charge in [0.25, 0.3) is 0 Å². The van der Waals surface area contributed by atoms with E-state index in [0.717, 1.165) is 5.69 Å². The Labute approximate surface area is 151 Å². The zero-order chi connectivity index (χ0) is 17.8. The lowest BCUT2D eigenvalue weighted by molar-refractivity contribution is -0.122. The number of benzene rings is 2. The van der Waals surface area contributed by atoms with Gasteiger partial charge in [-0.2, -0.15) is 0 Å². The Balaban J connectivity index is 1.70. The molecule has 2 aromatic carbocycles. The molecule has 1 heterocycles. The van der Waals surface area contributed by atoms with Crippen molar-refractivity contribution < 1.29 is 14.3 Å². The number of anilines is 2. The van der Waals surface area contributed by atoms with E-state index in [-0.39, 0.29) is 18.2 Å². The van der Waals surface area contributed by atoms with Crippen LogP contribution in [0.3, 0.4) is 0 Å². The van der Waals surface area contributed by atoms with Crippen molar-refractivity contribution in [2.75, 3.05) is 23.4 Å². The highest BCUT2D eigenvalue weighted by atomic mass is 35.5. The van der Waals surface area contributed by atoms with Crippen molar-refractivity contribution in [3.05, 3.63) is 53.6 Å². The summed E-state index contributed by atoms with van der Waals surface area (Å²) in [4.78, 5) is 26.5. The van der Waals surface area contributed by atoms with Gasteiger partial charge in [0.15, 0.2) is 0 Å². The molecule has 2 aromatic rings. The summed E-state index contributed by atoms with van der Waals surface area (Å²) in [5.41, 5.74) is 1.37. The summed E-state index contributed by atoms with van der Waals surface area (Å²) in [7, 11) is 0. The van der Waals surface area contributed by atoms with Gasteiger partial charge in [0.1, 0.15) is 5.75 Å². The smallest absolute Gasteiger partial charge is 0.229 e. The van der Waals surface area contributed by atoms with E-state index >= 15 is 0 Å². The summed E-state index contributed by atoms with van der Waals surface area (Å²) in [6.07, 6.45) is 0.186. The number of para-hydroxylation sites is 2. The molecule has 0 unspecified atom stereocenters. The number of amides is 2. The van der Waals surface area contributed by atoms with Crippen LogP contribution >= 0.6 is 11.6 Å². The van der Waals surface area contributed by atoms with Crippen LogP contribution < -0.4 is 15.0 Å². The van der Waals surface area contributed by atoms with Crippen LogP contribution in [0.5, 0.6) is 5.75 Å². The fourth-order valence-corrected chi connectivity index (χ4v) is 2.97. The molecule has 6 heteroatoms. The lowest BCUT2D eigenvalue weighted by atomic mass is 10.1. The van der Waals surface area contributed by atoms with Gasteiger partial charge in [-0.1, -0.05) is 23.7 Å². The zero-order valence-corrected chi connectivity index (χ0v) is 14.6. The molecule has 0 aromatic heterocycles. The number of ether oxygens (including phenoxy) is 1. The maximum atomic E-state index is 12.6. The van der Waals surface area contributed by atoms with Gasteiger partial charge in [-0.3, -0.25) is 9.59 Å². The summed E-state index contributed by atoms with van der Waals surface area (Å²) in [5, 5.41) is 3.48. The third-order valence-corrected chi connectivity index (χ3v) is 4.33. The second-order valence-corrected chi connectivity index (χ2v) is 6.24. The highest BCUT2D eigenvalue weighted by Gasteiger charge is 2.35. The molecule has 1 aliphatic rings. The van der Waals surface area contributed by atoms with Crippen molar-refractivity contribution in [2.45, 2.75) is 13.3 Å². The molecule has 0 aliphatic carbocycles. The van der Waals surface area contributed by atoms with Crippen molar-refractivity contribution in [3.63, 3.8) is 0 Å². The zero-order valence-electron chi connectivity index (χ0n) is 13.9. The van der Waals surface area contributed by atoms with Gasteiger partial charge in [-0.05, 0) is 43.3 Å². The van der Waals surface area contributed by atoms with Gasteiger partial charge in [0.2, 0.25) is 11.8 Å². The van der Waals surface area contributed by atoms with Crippen LogP contribution in [-0.4, -0.2) is 25.0 Å². The number of hydrogen-bond acceptors (Lipinski definition) is 3. The number of halogens is 1. The molecule has 5 nitrogen and oxygen atoms in total. The Kier molecular flexibility index (Phi) is 5.24. The predicted octanol–water partition coefficient (Wildman–Crippen LogP) is 3.73. The summed E-state index contributed by atoms with van der Waals surface area (Å²) in [6.45, 7) is 2.75. The monoisotopic (exact) mass is 358 g/mol. The van der Waals surface area contributed by atoms with Crippen LogP contribution in [0.25, 0.3) is 0 Å². The molecule has 1 aliphatic heterocycles. The van der Waals surface area contributed by atoms with Gasteiger partial charge in [0, 0.05) is 23.7 Å². The van der Waals surface area contributed by atoms with Crippen LogP contribution in [0.4, 0.5) is 11.4 Å². The first-order chi connectivity index (χ1) is 12.1. The Bertz CT molecular complexity index is 776. The van der Waals surface area contributed by atoms with E-state index in [2.05, 4.69) is 5.32 Å². The van der Waals surface area contributed by atoms with Crippen molar-refractivity contribution in [3.8, 4) is 5.75 Å². The average Bonchev–Trinajstić information content (AvgIpc) is 2.99. The number of carbonyl (C=O) groups is 2. The number of nitrogens with one attached hydrogen (secondary N) is 1. The molecule has 1 saturated heterocycles. The summed E-state index contributed by atoms with van der Waals surface area (Å²) >= 11 is 5.89. The lowest BCUT2D eigenvalue weighted by Gasteiger charge is -2.17. The normalized spacial score (nSPS) is 16.8. The fraction of sp³-hybridized carbons (Fsp3) is 0.263. The molecule has 130 valence electrons. The van der Waals surface area contributed by atoms with E-state index in [1.165, 1.54) is 0 Å². The Morgan fingerprint density at radius 1 is 1.24 bits per heavy atom. The quantitative estimate of drug-likeness (QED) is 0.886. The first-order valence-electron chi connectivity index (χ1n) is 8.17. The second kappa shape index (κ2) is 7.57. The van der Waals surface area contributed by atoms with Crippen LogP contribution in [0.1, 0.15) is 13.3 Å². The average molecular weight is 359 g/mol. The van der Waals surface area contributed by atoms with Crippen molar-refractivity contribution >= 4 is 34.8 Å². The minimum absolute atomic E-state index is 0.0689. The minimum atomic E-state index is -0.405. The standard InChI is InChI=1S/C19H19ClN2O3/c1-2-25-17-6-4-3-5-16(17)21-19(24)13-11-18(23)22(12-13)15-9-7-14(20)8-10-15/h3-10,13H,2,11-12H2,1H3,(H,21,24)/t13-/m1/s1. The summed E-state index contributed by atoms with van der Waals surface area (Å²) in [5.74, 6) is -0.0346. The van der Waals surface area contributed by atoms with E-state index in [4.69, 9.17) is 16.3 Å². The van der Waals surface area contributed by atoms with Crippen molar-refractivity contribution in [2.24, 2.45) is 5.92 Å². The maximum absolute atomic E-state index is 12.6. The third-order valence-electron chi connectivity index (χ3n) is 4.08. The molecule has 0 bridgehead atoms. The largest absolute Gasteiger partial charge is 0.492 e. The van der Waals surface area contributed by atoms with Crippen LogP contribution in [0, 0.1) is 5.92 Å². The molecular formula is C19H19ClN2O3. The molecule has 25 heavy (non-hydrogen) atoms. The fourth-order valence-electron chi connectivity index (χ4n) is 2.84. The maximum Gasteiger partial charge on any atom is 0.229 e. The Morgan fingerprint density at radius 3 is 2.68 bits per heavy atom. The van der Waals surface area contributed by atoms with Crippen LogP contribution in [0.2, 0.25) is 5.02 Å². The Hall–Kier alpha value is -2.53. The van der Waals surface area contributed by atoms with Crippen molar-refractivity contribution in [1.82, 2.24) is 0 Å². The van der Waals surface area contributed by atoms with Gasteiger partial charge in [-0.15, -0.1) is 0 Å². The first kappa shape index (κ1) is 17.3. The van der Waals surface area contributed by atoms with E-state index in [1.54, 1.807) is 41.3 Å². The summed E-state index contributed by atoms with van der Waals surface area (Å²) < 4.78 is 5.52. The molecule has 0 saturated carbocycles. The lowest BCUT2D eigenvalue weighted by Crippen LogP contribution is -2.28. The molecule has 1 atom stereocenters. The molecule has 1 fully saturated rings. The number of hydrogen-bond donors (Lipinski definition) is 1. The molecular weight excluding hydrogens is 340 g/mol. The van der Waals surface area contributed by atoms with Gasteiger partial charge in [-0.25, -0.2) is 0 Å². The highest BCUT2D eigenvalue weighted by molar-refractivity contribution is 6.30. The van der Waals surface area contributed by atoms with Crippen LogP contribution in [0.15, 0.2) is 48.5 Å². The van der Waals surface area contributed by atoms with E-state index < -0.39 is 5.92 Å².